The number of aromatic amines is 1. The molecule has 0 saturated carbocycles. The summed E-state index contributed by atoms with van der Waals surface area (Å²) in [7, 11) is 0. The predicted octanol–water partition coefficient (Wildman–Crippen LogP) is 2.66. The number of nitrogens with one attached hydrogen (secondary N) is 1. The van der Waals surface area contributed by atoms with E-state index >= 15 is 0 Å². The third kappa shape index (κ3) is 1.90. The van der Waals surface area contributed by atoms with Crippen molar-refractivity contribution >= 4 is 16.9 Å². The van der Waals surface area contributed by atoms with Crippen molar-refractivity contribution in [1.82, 2.24) is 4.98 Å². The molecule has 0 radical (unpaired) electrons. The van der Waals surface area contributed by atoms with Crippen molar-refractivity contribution in [1.29, 1.82) is 0 Å². The Hall–Kier alpha value is -2.10. The highest BCUT2D eigenvalue weighted by Gasteiger charge is 2.20. The van der Waals surface area contributed by atoms with Crippen molar-refractivity contribution in [3.63, 3.8) is 0 Å². The average Bonchev–Trinajstić information content (AvgIpc) is 2.25. The predicted molar refractivity (Wildman–Crippen MR) is 70.4 cm³/mol. The van der Waals surface area contributed by atoms with E-state index in [1.807, 2.05) is 39.0 Å². The van der Waals surface area contributed by atoms with Crippen LogP contribution < -0.4 is 5.56 Å². The number of rotatable bonds is 2. The lowest BCUT2D eigenvalue weighted by Crippen LogP contribution is -2.21. The van der Waals surface area contributed by atoms with Gasteiger partial charge in [0, 0.05) is 10.9 Å². The van der Waals surface area contributed by atoms with Crippen molar-refractivity contribution in [2.75, 3.05) is 0 Å². The van der Waals surface area contributed by atoms with Gasteiger partial charge in [0.2, 0.25) is 0 Å². The highest BCUT2D eigenvalue weighted by atomic mass is 16.4. The second-order valence-electron chi connectivity index (χ2n) is 4.75. The SMILES string of the molecule is Cc1ccc2c(C(C)C)c(C(=O)O)c(=O)[nH]c2c1. The average molecular weight is 245 g/mol. The summed E-state index contributed by atoms with van der Waals surface area (Å²) in [6.45, 7) is 5.71. The number of carbonyl (C=O) groups is 1. The van der Waals surface area contributed by atoms with Crippen LogP contribution in [0, 0.1) is 6.92 Å². The van der Waals surface area contributed by atoms with Crippen LogP contribution in [0.4, 0.5) is 0 Å². The third-order valence-corrected chi connectivity index (χ3v) is 3.00. The lowest BCUT2D eigenvalue weighted by atomic mass is 9.93. The molecule has 1 heterocycles. The molecule has 0 spiro atoms. The fourth-order valence-corrected chi connectivity index (χ4v) is 2.25. The molecule has 0 bridgehead atoms. The van der Waals surface area contributed by atoms with Crippen LogP contribution in [0.1, 0.15) is 41.3 Å². The summed E-state index contributed by atoms with van der Waals surface area (Å²) in [5.74, 6) is -1.20. The fraction of sp³-hybridized carbons (Fsp3) is 0.286. The van der Waals surface area contributed by atoms with Gasteiger partial charge in [-0.1, -0.05) is 26.0 Å². The molecule has 2 aromatic rings. The number of benzene rings is 1. The second-order valence-corrected chi connectivity index (χ2v) is 4.75. The topological polar surface area (TPSA) is 70.2 Å². The molecule has 0 atom stereocenters. The molecular formula is C14H15NO3. The molecule has 4 heteroatoms. The van der Waals surface area contributed by atoms with Crippen molar-refractivity contribution in [2.24, 2.45) is 0 Å². The highest BCUT2D eigenvalue weighted by Crippen LogP contribution is 2.26. The first-order valence-electron chi connectivity index (χ1n) is 5.81. The molecule has 2 N–H and O–H groups in total. The van der Waals surface area contributed by atoms with E-state index in [1.54, 1.807) is 0 Å². The van der Waals surface area contributed by atoms with E-state index < -0.39 is 11.5 Å². The summed E-state index contributed by atoms with van der Waals surface area (Å²) in [4.78, 5) is 25.8. The van der Waals surface area contributed by atoms with Crippen LogP contribution >= 0.6 is 0 Å². The standard InChI is InChI=1S/C14H15NO3/c1-7(2)11-9-5-4-8(3)6-10(9)15-13(16)12(11)14(17)18/h4-7H,1-3H3,(H,15,16)(H,17,18). The Bertz CT molecular complexity index is 683. The van der Waals surface area contributed by atoms with Crippen molar-refractivity contribution in [2.45, 2.75) is 26.7 Å². The summed E-state index contributed by atoms with van der Waals surface area (Å²) in [5, 5.41) is 9.99. The number of hydrogen-bond donors (Lipinski definition) is 2. The lowest BCUT2D eigenvalue weighted by Gasteiger charge is -2.13. The number of aromatic carboxylic acids is 1. The molecule has 0 fully saturated rings. The smallest absolute Gasteiger partial charge is 0.341 e. The van der Waals surface area contributed by atoms with E-state index in [-0.39, 0.29) is 11.5 Å². The molecule has 1 aromatic heterocycles. The van der Waals surface area contributed by atoms with E-state index in [1.165, 1.54) is 0 Å². The van der Waals surface area contributed by atoms with Gasteiger partial charge in [0.1, 0.15) is 5.56 Å². The number of aromatic nitrogens is 1. The number of fused-ring (bicyclic) bond motifs is 1. The Morgan fingerprint density at radius 1 is 1.33 bits per heavy atom. The highest BCUT2D eigenvalue weighted by molar-refractivity contribution is 5.96. The Kier molecular flexibility index (Phi) is 2.95. The molecule has 2 rings (SSSR count). The van der Waals surface area contributed by atoms with Crippen molar-refractivity contribution in [3.8, 4) is 0 Å². The molecule has 0 amide bonds. The van der Waals surface area contributed by atoms with Gasteiger partial charge < -0.3 is 10.1 Å². The van der Waals surface area contributed by atoms with Gasteiger partial charge in [-0.25, -0.2) is 4.79 Å². The minimum atomic E-state index is -1.18. The van der Waals surface area contributed by atoms with Crippen molar-refractivity contribution in [3.05, 3.63) is 45.2 Å². The molecule has 18 heavy (non-hydrogen) atoms. The van der Waals surface area contributed by atoms with Gasteiger partial charge in [-0.05, 0) is 30.0 Å². The number of H-pyrrole nitrogens is 1. The summed E-state index contributed by atoms with van der Waals surface area (Å²) in [6.07, 6.45) is 0. The molecule has 0 unspecified atom stereocenters. The molecular weight excluding hydrogens is 230 g/mol. The van der Waals surface area contributed by atoms with Gasteiger partial charge in [0.15, 0.2) is 0 Å². The maximum atomic E-state index is 11.9. The van der Waals surface area contributed by atoms with Crippen LogP contribution in [0.15, 0.2) is 23.0 Å². The first-order valence-corrected chi connectivity index (χ1v) is 5.81. The van der Waals surface area contributed by atoms with E-state index in [4.69, 9.17) is 0 Å². The van der Waals surface area contributed by atoms with E-state index in [9.17, 15) is 14.7 Å². The van der Waals surface area contributed by atoms with Gasteiger partial charge in [-0.3, -0.25) is 4.79 Å². The second kappa shape index (κ2) is 4.29. The molecule has 0 aliphatic heterocycles. The maximum absolute atomic E-state index is 11.9. The number of hydrogen-bond acceptors (Lipinski definition) is 2. The van der Waals surface area contributed by atoms with Crippen LogP contribution in [-0.4, -0.2) is 16.1 Å². The number of carboxylic acids is 1. The normalized spacial score (nSPS) is 11.1. The molecule has 0 aliphatic rings. The van der Waals surface area contributed by atoms with Crippen LogP contribution in [-0.2, 0) is 0 Å². The van der Waals surface area contributed by atoms with Crippen LogP contribution in [0.25, 0.3) is 10.9 Å². The summed E-state index contributed by atoms with van der Waals surface area (Å²) in [6, 6.07) is 5.63. The van der Waals surface area contributed by atoms with Crippen LogP contribution in [0.5, 0.6) is 0 Å². The van der Waals surface area contributed by atoms with Gasteiger partial charge >= 0.3 is 5.97 Å². The monoisotopic (exact) mass is 245 g/mol. The Morgan fingerprint density at radius 3 is 2.56 bits per heavy atom. The third-order valence-electron chi connectivity index (χ3n) is 3.00. The van der Waals surface area contributed by atoms with Gasteiger partial charge in [0.05, 0.1) is 0 Å². The summed E-state index contributed by atoms with van der Waals surface area (Å²) in [5.41, 5.74) is 1.62. The lowest BCUT2D eigenvalue weighted by molar-refractivity contribution is 0.0693. The molecule has 94 valence electrons. The van der Waals surface area contributed by atoms with Crippen LogP contribution in [0.2, 0.25) is 0 Å². The molecule has 4 nitrogen and oxygen atoms in total. The number of pyridine rings is 1. The van der Waals surface area contributed by atoms with E-state index in [0.29, 0.717) is 11.1 Å². The van der Waals surface area contributed by atoms with E-state index in [2.05, 4.69) is 4.98 Å². The zero-order valence-electron chi connectivity index (χ0n) is 10.6. The van der Waals surface area contributed by atoms with Gasteiger partial charge in [-0.2, -0.15) is 0 Å². The van der Waals surface area contributed by atoms with Crippen molar-refractivity contribution < 1.29 is 9.90 Å². The summed E-state index contributed by atoms with van der Waals surface area (Å²) < 4.78 is 0. The Labute approximate surface area is 104 Å². The van der Waals surface area contributed by atoms with Crippen LogP contribution in [0.3, 0.4) is 0 Å². The Balaban J connectivity index is 2.99. The molecule has 0 aliphatic carbocycles. The minimum Gasteiger partial charge on any atom is -0.477 e. The number of carboxylic acid groups (broad SMARTS) is 1. The maximum Gasteiger partial charge on any atom is 0.341 e. The van der Waals surface area contributed by atoms with Gasteiger partial charge in [-0.15, -0.1) is 0 Å². The quantitative estimate of drug-likeness (QED) is 0.854. The first kappa shape index (κ1) is 12.4. The van der Waals surface area contributed by atoms with Gasteiger partial charge in [0.25, 0.3) is 5.56 Å². The fourth-order valence-electron chi connectivity index (χ4n) is 2.25. The minimum absolute atomic E-state index is 0.0244. The zero-order valence-corrected chi connectivity index (χ0v) is 10.6. The summed E-state index contributed by atoms with van der Waals surface area (Å²) >= 11 is 0. The molecule has 0 saturated heterocycles. The molecule has 1 aromatic carbocycles. The largest absolute Gasteiger partial charge is 0.477 e. The Morgan fingerprint density at radius 2 is 2.00 bits per heavy atom. The van der Waals surface area contributed by atoms with E-state index in [0.717, 1.165) is 10.9 Å². The number of aryl methyl sites for hydroxylation is 1. The first-order chi connectivity index (χ1) is 8.41. The zero-order chi connectivity index (χ0) is 13.4.